The molecule has 11 heteroatoms. The van der Waals surface area contributed by atoms with Gasteiger partial charge in [0, 0.05) is 43.4 Å². The maximum atomic E-state index is 13.8. The number of nitrogens with zero attached hydrogens (tertiary/aromatic N) is 2. The molecular weight excluding hydrogens is 552 g/mol. The van der Waals surface area contributed by atoms with Crippen molar-refractivity contribution in [2.24, 2.45) is 0 Å². The van der Waals surface area contributed by atoms with E-state index >= 15 is 0 Å². The van der Waals surface area contributed by atoms with Gasteiger partial charge in [-0.05, 0) is 55.5 Å². The summed E-state index contributed by atoms with van der Waals surface area (Å²) in [5, 5.41) is 20.7. The molecule has 1 amide bonds. The number of methoxy groups -OCH3 is 1. The lowest BCUT2D eigenvalue weighted by atomic mass is 9.84. The molecule has 3 N–H and O–H groups in total. The van der Waals surface area contributed by atoms with Gasteiger partial charge >= 0.3 is 5.97 Å². The zero-order valence-corrected chi connectivity index (χ0v) is 26.0. The number of ketones is 1. The summed E-state index contributed by atoms with van der Waals surface area (Å²) in [5.41, 5.74) is 3.54. The van der Waals surface area contributed by atoms with Crippen molar-refractivity contribution in [1.29, 1.82) is 5.41 Å². The van der Waals surface area contributed by atoms with Gasteiger partial charge in [0.25, 0.3) is 5.91 Å². The van der Waals surface area contributed by atoms with Crippen LogP contribution in [0.2, 0.25) is 0 Å². The molecule has 43 heavy (non-hydrogen) atoms. The van der Waals surface area contributed by atoms with E-state index in [9.17, 15) is 19.5 Å². The first-order valence-electron chi connectivity index (χ1n) is 14.5. The summed E-state index contributed by atoms with van der Waals surface area (Å²) in [4.78, 5) is 41.4. The number of carbonyl (C=O) groups is 3. The van der Waals surface area contributed by atoms with Crippen LogP contribution in [0.1, 0.15) is 78.4 Å². The maximum Gasteiger partial charge on any atom is 0.332 e. The maximum absolute atomic E-state index is 13.8. The molecule has 2 aromatic rings. The van der Waals surface area contributed by atoms with Gasteiger partial charge in [0.2, 0.25) is 0 Å². The molecule has 2 heterocycles. The average molecular weight is 595 g/mol. The number of anilines is 1. The highest BCUT2D eigenvalue weighted by molar-refractivity contribution is 6.08. The van der Waals surface area contributed by atoms with Crippen LogP contribution < -0.4 is 19.7 Å². The first-order valence-corrected chi connectivity index (χ1v) is 14.5. The number of amidine groups is 1. The number of nitrogens with one attached hydrogen (secondary N) is 2. The van der Waals surface area contributed by atoms with Crippen molar-refractivity contribution >= 4 is 29.2 Å². The third-order valence-corrected chi connectivity index (χ3v) is 7.88. The summed E-state index contributed by atoms with van der Waals surface area (Å²) >= 11 is 0. The van der Waals surface area contributed by atoms with Crippen LogP contribution in [0.5, 0.6) is 11.5 Å². The van der Waals surface area contributed by atoms with Gasteiger partial charge in [-0.15, -0.1) is 0 Å². The Hall–Kier alpha value is -4.12. The van der Waals surface area contributed by atoms with Gasteiger partial charge in [-0.2, -0.15) is 0 Å². The van der Waals surface area contributed by atoms with Crippen molar-refractivity contribution in [3.05, 3.63) is 52.1 Å². The Morgan fingerprint density at radius 3 is 2.51 bits per heavy atom. The molecule has 0 bridgehead atoms. The quantitative estimate of drug-likeness (QED) is 0.331. The third-order valence-electron chi connectivity index (χ3n) is 7.88. The highest BCUT2D eigenvalue weighted by atomic mass is 16.5. The van der Waals surface area contributed by atoms with Crippen LogP contribution in [0, 0.1) is 5.41 Å². The van der Waals surface area contributed by atoms with Crippen LogP contribution in [0.15, 0.2) is 24.3 Å². The number of rotatable bonds is 11. The van der Waals surface area contributed by atoms with E-state index in [0.29, 0.717) is 60.9 Å². The van der Waals surface area contributed by atoms with Gasteiger partial charge in [0.15, 0.2) is 11.9 Å². The Morgan fingerprint density at radius 2 is 1.91 bits per heavy atom. The number of ether oxygens (including phenoxy) is 3. The molecule has 0 saturated carbocycles. The molecule has 0 aliphatic carbocycles. The van der Waals surface area contributed by atoms with Crippen LogP contribution in [-0.2, 0) is 21.5 Å². The van der Waals surface area contributed by atoms with Crippen LogP contribution in [0.25, 0.3) is 0 Å². The lowest BCUT2D eigenvalue weighted by Gasteiger charge is -2.29. The Balaban J connectivity index is 1.63. The zero-order chi connectivity index (χ0) is 31.6. The SMILES string of the molecule is CCOc1cc2c(cc1C(=O)NC)C(=N)N(CC(=O)c1cc(N3CCC(OC(C)C(=O)O)C3)c(OC)c(C(C)(C)C)c1)C2. The number of Topliss-reactive ketones (excluding diaryl/α,β-unsaturated/α-hetero) is 1. The minimum Gasteiger partial charge on any atom is -0.494 e. The molecule has 1 saturated heterocycles. The third kappa shape index (κ3) is 6.61. The number of carbonyl (C=O) groups excluding carboxylic acids is 2. The average Bonchev–Trinajstić information content (AvgIpc) is 3.54. The number of hydrogen-bond donors (Lipinski definition) is 3. The van der Waals surface area contributed by atoms with Crippen LogP contribution in [0.3, 0.4) is 0 Å². The predicted molar refractivity (Wildman–Crippen MR) is 163 cm³/mol. The fraction of sp³-hybridized carbons (Fsp3) is 0.500. The van der Waals surface area contributed by atoms with Crippen LogP contribution in [-0.4, -0.2) is 86.1 Å². The molecule has 0 radical (unpaired) electrons. The number of carboxylic acid groups (broad SMARTS) is 1. The molecule has 0 aromatic heterocycles. The highest BCUT2D eigenvalue weighted by Gasteiger charge is 2.33. The molecule has 2 unspecified atom stereocenters. The smallest absolute Gasteiger partial charge is 0.332 e. The first kappa shape index (κ1) is 31.8. The molecule has 232 valence electrons. The highest BCUT2D eigenvalue weighted by Crippen LogP contribution is 2.42. The lowest BCUT2D eigenvalue weighted by Crippen LogP contribution is -2.31. The van der Waals surface area contributed by atoms with E-state index in [-0.39, 0.29) is 35.6 Å². The van der Waals surface area contributed by atoms with E-state index in [1.807, 2.05) is 19.1 Å². The number of aliphatic carboxylic acids is 1. The van der Waals surface area contributed by atoms with Crippen molar-refractivity contribution in [3.8, 4) is 11.5 Å². The van der Waals surface area contributed by atoms with Gasteiger partial charge in [-0.1, -0.05) is 20.8 Å². The summed E-state index contributed by atoms with van der Waals surface area (Å²) in [6, 6.07) is 7.13. The van der Waals surface area contributed by atoms with Gasteiger partial charge in [0.1, 0.15) is 17.3 Å². The van der Waals surface area contributed by atoms with Gasteiger partial charge in [-0.3, -0.25) is 15.0 Å². The molecule has 11 nitrogen and oxygen atoms in total. The predicted octanol–water partition coefficient (Wildman–Crippen LogP) is 3.84. The van der Waals surface area contributed by atoms with Crippen molar-refractivity contribution in [2.75, 3.05) is 45.3 Å². The Kier molecular flexibility index (Phi) is 9.34. The first-order chi connectivity index (χ1) is 20.3. The fourth-order valence-electron chi connectivity index (χ4n) is 5.60. The molecule has 1 fully saturated rings. The molecule has 2 aromatic carbocycles. The van der Waals surface area contributed by atoms with E-state index in [4.69, 9.17) is 19.6 Å². The molecule has 2 aliphatic heterocycles. The second kappa shape index (κ2) is 12.6. The zero-order valence-electron chi connectivity index (χ0n) is 26.0. The van der Waals surface area contributed by atoms with Crippen molar-refractivity contribution in [2.45, 2.75) is 65.2 Å². The monoisotopic (exact) mass is 594 g/mol. The topological polar surface area (TPSA) is 141 Å². The van der Waals surface area contributed by atoms with Crippen LogP contribution in [0.4, 0.5) is 5.69 Å². The number of amides is 1. The molecule has 4 rings (SSSR count). The lowest BCUT2D eigenvalue weighted by molar-refractivity contribution is -0.152. The summed E-state index contributed by atoms with van der Waals surface area (Å²) in [7, 11) is 3.15. The van der Waals surface area contributed by atoms with E-state index in [2.05, 4.69) is 31.0 Å². The molecular formula is C32H42N4O7. The largest absolute Gasteiger partial charge is 0.494 e. The molecule has 2 atom stereocenters. The molecule has 0 spiro atoms. The van der Waals surface area contributed by atoms with E-state index in [1.54, 1.807) is 31.2 Å². The minimum absolute atomic E-state index is 0.0238. The van der Waals surface area contributed by atoms with E-state index < -0.39 is 12.1 Å². The Labute approximate surface area is 252 Å². The minimum atomic E-state index is -1.01. The second-order valence-corrected chi connectivity index (χ2v) is 11.9. The summed E-state index contributed by atoms with van der Waals surface area (Å²) in [6.45, 7) is 11.3. The van der Waals surface area contributed by atoms with E-state index in [0.717, 1.165) is 16.8 Å². The number of carboxylic acids is 1. The number of hydrogen-bond acceptors (Lipinski definition) is 8. The fourth-order valence-corrected chi connectivity index (χ4v) is 5.60. The van der Waals surface area contributed by atoms with Crippen molar-refractivity contribution in [1.82, 2.24) is 10.2 Å². The summed E-state index contributed by atoms with van der Waals surface area (Å²) in [6.07, 6.45) is -0.533. The number of benzene rings is 2. The molecule has 2 aliphatic rings. The second-order valence-electron chi connectivity index (χ2n) is 11.9. The Bertz CT molecular complexity index is 1430. The van der Waals surface area contributed by atoms with Gasteiger partial charge < -0.3 is 34.4 Å². The van der Waals surface area contributed by atoms with Gasteiger partial charge in [0.05, 0.1) is 37.6 Å². The summed E-state index contributed by atoms with van der Waals surface area (Å²) < 4.78 is 17.3. The van der Waals surface area contributed by atoms with Crippen molar-refractivity contribution in [3.63, 3.8) is 0 Å². The Morgan fingerprint density at radius 1 is 1.19 bits per heavy atom. The number of fused-ring (bicyclic) bond motifs is 1. The van der Waals surface area contributed by atoms with Crippen LogP contribution >= 0.6 is 0 Å². The standard InChI is InChI=1S/C32H42N4O7/c1-8-42-27-13-20-15-36(29(33)22(20)14-23(27)30(38)34-6)17-26(37)19-11-24(32(3,4)5)28(41-7)25(12-19)35-10-9-21(16-35)43-18(2)31(39)40/h11-14,18,21,33H,8-10,15-17H2,1-7H3,(H,34,38)(H,39,40). The van der Waals surface area contributed by atoms with E-state index in [1.165, 1.54) is 6.92 Å². The summed E-state index contributed by atoms with van der Waals surface area (Å²) in [5.74, 6) is -0.180. The van der Waals surface area contributed by atoms with Gasteiger partial charge in [-0.25, -0.2) is 4.79 Å². The normalized spacial score (nSPS) is 17.1. The van der Waals surface area contributed by atoms with Crippen molar-refractivity contribution < 1.29 is 33.7 Å².